The van der Waals surface area contributed by atoms with E-state index >= 15 is 0 Å². The Morgan fingerprint density at radius 2 is 1.60 bits per heavy atom. The van der Waals surface area contributed by atoms with E-state index in [0.717, 1.165) is 45.3 Å². The van der Waals surface area contributed by atoms with Crippen LogP contribution in [-0.4, -0.2) is 24.9 Å². The molecule has 0 fully saturated rings. The Hall–Kier alpha value is -1.38. The molecular weight excluding hydrogens is 248 g/mol. The Morgan fingerprint density at radius 3 is 2.45 bits per heavy atom. The van der Waals surface area contributed by atoms with Crippen molar-refractivity contribution in [2.45, 2.75) is 32.1 Å². The molecule has 0 aliphatic rings. The van der Waals surface area contributed by atoms with Gasteiger partial charge in [0.15, 0.2) is 0 Å². The van der Waals surface area contributed by atoms with Gasteiger partial charge in [0.1, 0.15) is 0 Å². The van der Waals surface area contributed by atoms with E-state index in [-0.39, 0.29) is 0 Å². The maximum Gasteiger partial charge on any atom is 0.0506 e. The molecule has 0 aliphatic heterocycles. The van der Waals surface area contributed by atoms with Crippen LogP contribution in [0.15, 0.2) is 42.5 Å². The fraction of sp³-hybridized carbons (Fsp3) is 0.444. The molecule has 0 radical (unpaired) electrons. The highest BCUT2D eigenvalue weighted by Gasteiger charge is 1.97. The summed E-state index contributed by atoms with van der Waals surface area (Å²) in [5.74, 6) is 0. The molecule has 0 spiro atoms. The van der Waals surface area contributed by atoms with Crippen molar-refractivity contribution in [3.8, 4) is 0 Å². The summed E-state index contributed by atoms with van der Waals surface area (Å²) in [6.45, 7) is 1.93. The number of unbranched alkanes of at least 4 members (excludes halogenated alkanes) is 3. The van der Waals surface area contributed by atoms with E-state index < -0.39 is 0 Å². The lowest BCUT2D eigenvalue weighted by molar-refractivity contribution is 0.132. The van der Waals surface area contributed by atoms with Crippen molar-refractivity contribution in [3.63, 3.8) is 0 Å². The molecule has 2 aromatic carbocycles. The monoisotopic (exact) mass is 272 g/mol. The molecule has 2 nitrogen and oxygen atoms in total. The minimum absolute atomic E-state index is 0.308. The molecule has 0 heterocycles. The van der Waals surface area contributed by atoms with Crippen molar-refractivity contribution in [3.05, 3.63) is 48.0 Å². The summed E-state index contributed by atoms with van der Waals surface area (Å²) in [5.41, 5.74) is 1.34. The number of fused-ring (bicyclic) bond motifs is 1. The third-order valence-corrected chi connectivity index (χ3v) is 3.55. The highest BCUT2D eigenvalue weighted by molar-refractivity contribution is 5.82. The van der Waals surface area contributed by atoms with Gasteiger partial charge in [0.2, 0.25) is 0 Å². The number of ether oxygens (including phenoxy) is 1. The second-order valence-electron chi connectivity index (χ2n) is 5.18. The van der Waals surface area contributed by atoms with Crippen molar-refractivity contribution in [2.24, 2.45) is 0 Å². The van der Waals surface area contributed by atoms with Crippen molar-refractivity contribution >= 4 is 10.8 Å². The predicted molar refractivity (Wildman–Crippen MR) is 84.0 cm³/mol. The van der Waals surface area contributed by atoms with Crippen LogP contribution in [0.5, 0.6) is 0 Å². The lowest BCUT2D eigenvalue weighted by Gasteiger charge is -2.06. The van der Waals surface area contributed by atoms with Crippen LogP contribution < -0.4 is 0 Å². The Labute approximate surface area is 121 Å². The molecule has 0 saturated carbocycles. The molecule has 2 aromatic rings. The number of aliphatic hydroxyl groups excluding tert-OH is 1. The molecule has 0 saturated heterocycles. The zero-order chi connectivity index (χ0) is 14.0. The number of hydrogen-bond donors (Lipinski definition) is 1. The van der Waals surface area contributed by atoms with Gasteiger partial charge in [0.25, 0.3) is 0 Å². The highest BCUT2D eigenvalue weighted by Crippen LogP contribution is 2.15. The summed E-state index contributed by atoms with van der Waals surface area (Å²) in [7, 11) is 0. The molecule has 1 N–H and O–H groups in total. The molecule has 0 unspecified atom stereocenters. The lowest BCUT2D eigenvalue weighted by atomic mass is 10.1. The van der Waals surface area contributed by atoms with Gasteiger partial charge in [0, 0.05) is 13.2 Å². The Bertz CT molecular complexity index is 507. The van der Waals surface area contributed by atoms with Gasteiger partial charge in [-0.2, -0.15) is 0 Å². The molecule has 108 valence electrons. The van der Waals surface area contributed by atoms with E-state index in [1.165, 1.54) is 16.3 Å². The fourth-order valence-corrected chi connectivity index (χ4v) is 2.36. The summed E-state index contributed by atoms with van der Waals surface area (Å²) >= 11 is 0. The topological polar surface area (TPSA) is 29.5 Å². The maximum absolute atomic E-state index is 8.68. The second kappa shape index (κ2) is 8.72. The van der Waals surface area contributed by atoms with Gasteiger partial charge in [-0.05, 0) is 35.6 Å². The molecule has 0 amide bonds. The Kier molecular flexibility index (Phi) is 6.55. The molecule has 0 aromatic heterocycles. The normalized spacial score (nSPS) is 11.1. The second-order valence-corrected chi connectivity index (χ2v) is 5.18. The summed E-state index contributed by atoms with van der Waals surface area (Å²) in [5, 5.41) is 11.3. The van der Waals surface area contributed by atoms with Gasteiger partial charge in [-0.25, -0.2) is 0 Å². The standard InChI is InChI=1S/C18H24O2/c19-12-5-1-2-6-13-20-14-11-16-9-10-17-7-3-4-8-18(17)15-16/h3-4,7-10,15,19H,1-2,5-6,11-14H2. The first-order chi connectivity index (χ1) is 9.90. The van der Waals surface area contributed by atoms with Crippen LogP contribution in [0.3, 0.4) is 0 Å². The van der Waals surface area contributed by atoms with Crippen LogP contribution in [0.25, 0.3) is 10.8 Å². The third-order valence-electron chi connectivity index (χ3n) is 3.55. The van der Waals surface area contributed by atoms with Gasteiger partial charge in [0.05, 0.1) is 6.61 Å². The fourth-order valence-electron chi connectivity index (χ4n) is 2.36. The van der Waals surface area contributed by atoms with Crippen molar-refractivity contribution in [1.29, 1.82) is 0 Å². The van der Waals surface area contributed by atoms with Crippen LogP contribution in [0, 0.1) is 0 Å². The average molecular weight is 272 g/mol. The number of rotatable bonds is 9. The van der Waals surface area contributed by atoms with E-state index in [4.69, 9.17) is 9.84 Å². The molecule has 20 heavy (non-hydrogen) atoms. The zero-order valence-corrected chi connectivity index (χ0v) is 12.1. The molecular formula is C18H24O2. The number of hydrogen-bond acceptors (Lipinski definition) is 2. The van der Waals surface area contributed by atoms with E-state index in [1.807, 2.05) is 0 Å². The smallest absolute Gasteiger partial charge is 0.0506 e. The summed E-state index contributed by atoms with van der Waals surface area (Å²) in [6, 6.07) is 15.1. The van der Waals surface area contributed by atoms with Gasteiger partial charge in [-0.15, -0.1) is 0 Å². The highest BCUT2D eigenvalue weighted by atomic mass is 16.5. The van der Waals surface area contributed by atoms with Crippen LogP contribution in [0.2, 0.25) is 0 Å². The average Bonchev–Trinajstić information content (AvgIpc) is 2.50. The lowest BCUT2D eigenvalue weighted by Crippen LogP contribution is -2.00. The number of aliphatic hydroxyl groups is 1. The Morgan fingerprint density at radius 1 is 0.800 bits per heavy atom. The summed E-state index contributed by atoms with van der Waals surface area (Å²) < 4.78 is 5.67. The van der Waals surface area contributed by atoms with E-state index in [2.05, 4.69) is 42.5 Å². The first-order valence-electron chi connectivity index (χ1n) is 7.56. The van der Waals surface area contributed by atoms with Gasteiger partial charge >= 0.3 is 0 Å². The third kappa shape index (κ3) is 4.95. The van der Waals surface area contributed by atoms with Gasteiger partial charge in [-0.1, -0.05) is 55.3 Å². The minimum Gasteiger partial charge on any atom is -0.396 e. The molecule has 2 heteroatoms. The van der Waals surface area contributed by atoms with Crippen LogP contribution in [0.4, 0.5) is 0 Å². The first-order valence-corrected chi connectivity index (χ1v) is 7.56. The minimum atomic E-state index is 0.308. The van der Waals surface area contributed by atoms with Crippen LogP contribution in [0.1, 0.15) is 31.2 Å². The molecule has 0 bridgehead atoms. The van der Waals surface area contributed by atoms with Gasteiger partial charge in [-0.3, -0.25) is 0 Å². The molecule has 2 rings (SSSR count). The summed E-state index contributed by atoms with van der Waals surface area (Å²) in [4.78, 5) is 0. The molecule has 0 atom stereocenters. The van der Waals surface area contributed by atoms with E-state index in [0.29, 0.717) is 6.61 Å². The first kappa shape index (κ1) is 15.0. The van der Waals surface area contributed by atoms with Crippen molar-refractivity contribution in [2.75, 3.05) is 19.8 Å². The SMILES string of the molecule is OCCCCCCOCCc1ccc2ccccc2c1. The van der Waals surface area contributed by atoms with Crippen molar-refractivity contribution < 1.29 is 9.84 Å². The zero-order valence-electron chi connectivity index (χ0n) is 12.1. The Balaban J connectivity index is 1.65. The maximum atomic E-state index is 8.68. The van der Waals surface area contributed by atoms with E-state index in [9.17, 15) is 0 Å². The predicted octanol–water partition coefficient (Wildman–Crippen LogP) is 3.95. The summed E-state index contributed by atoms with van der Waals surface area (Å²) in [6.07, 6.45) is 5.23. The van der Waals surface area contributed by atoms with Crippen LogP contribution >= 0.6 is 0 Å². The van der Waals surface area contributed by atoms with Crippen molar-refractivity contribution in [1.82, 2.24) is 0 Å². The number of benzene rings is 2. The molecule has 0 aliphatic carbocycles. The van der Waals surface area contributed by atoms with E-state index in [1.54, 1.807) is 0 Å². The van der Waals surface area contributed by atoms with Crippen LogP contribution in [-0.2, 0) is 11.2 Å². The largest absolute Gasteiger partial charge is 0.396 e. The quantitative estimate of drug-likeness (QED) is 0.700. The van der Waals surface area contributed by atoms with Gasteiger partial charge < -0.3 is 9.84 Å².